The molecule has 0 saturated heterocycles. The summed E-state index contributed by atoms with van der Waals surface area (Å²) >= 11 is 0. The average molecular weight is 287 g/mol. The number of ether oxygens (including phenoxy) is 1. The molecular formula is C18H22FNO. The molecule has 0 spiro atoms. The van der Waals surface area contributed by atoms with E-state index in [0.717, 1.165) is 17.7 Å². The molecule has 0 radical (unpaired) electrons. The smallest absolute Gasteiger partial charge is 0.127 e. The van der Waals surface area contributed by atoms with Crippen molar-refractivity contribution in [2.24, 2.45) is 0 Å². The van der Waals surface area contributed by atoms with Crippen molar-refractivity contribution >= 4 is 0 Å². The van der Waals surface area contributed by atoms with E-state index in [1.54, 1.807) is 6.07 Å². The van der Waals surface area contributed by atoms with Crippen molar-refractivity contribution in [1.82, 2.24) is 5.32 Å². The fourth-order valence-electron chi connectivity index (χ4n) is 2.37. The van der Waals surface area contributed by atoms with Crippen molar-refractivity contribution in [2.45, 2.75) is 32.9 Å². The van der Waals surface area contributed by atoms with Gasteiger partial charge in [0.05, 0.1) is 0 Å². The Morgan fingerprint density at radius 1 is 1.10 bits per heavy atom. The predicted octanol–water partition coefficient (Wildman–Crippen LogP) is 4.64. The van der Waals surface area contributed by atoms with Gasteiger partial charge in [0.15, 0.2) is 0 Å². The minimum Gasteiger partial charge on any atom is -0.486 e. The number of hydrogen-bond acceptors (Lipinski definition) is 2. The summed E-state index contributed by atoms with van der Waals surface area (Å²) in [5.74, 6) is 0.317. The van der Waals surface area contributed by atoms with Crippen molar-refractivity contribution in [1.29, 1.82) is 0 Å². The summed E-state index contributed by atoms with van der Waals surface area (Å²) < 4.78 is 19.5. The number of hydrogen-bond donors (Lipinski definition) is 1. The van der Waals surface area contributed by atoms with Gasteiger partial charge < -0.3 is 10.1 Å². The topological polar surface area (TPSA) is 21.3 Å². The van der Waals surface area contributed by atoms with Crippen LogP contribution in [0.25, 0.3) is 0 Å². The maximum absolute atomic E-state index is 13.5. The molecule has 3 heteroatoms. The Morgan fingerprint density at radius 2 is 1.81 bits per heavy atom. The summed E-state index contributed by atoms with van der Waals surface area (Å²) in [5, 5.41) is 3.33. The molecule has 0 heterocycles. The second-order valence-corrected chi connectivity index (χ2v) is 5.13. The molecule has 2 unspecified atom stereocenters. The lowest BCUT2D eigenvalue weighted by Crippen LogP contribution is -2.19. The molecule has 0 fully saturated rings. The van der Waals surface area contributed by atoms with Crippen molar-refractivity contribution in [2.75, 3.05) is 6.54 Å². The predicted molar refractivity (Wildman–Crippen MR) is 84.0 cm³/mol. The standard InChI is InChI=1S/C18H22FNO/c1-4-20-13(2)17-11-10-16(19)12-18(17)21-14(3)15-8-6-5-7-9-15/h5-14,20H,4H2,1-3H3. The molecular weight excluding hydrogens is 265 g/mol. The van der Waals surface area contributed by atoms with Crippen LogP contribution >= 0.6 is 0 Å². The number of nitrogens with one attached hydrogen (secondary N) is 1. The summed E-state index contributed by atoms with van der Waals surface area (Å²) in [4.78, 5) is 0. The zero-order valence-electron chi connectivity index (χ0n) is 12.8. The van der Waals surface area contributed by atoms with E-state index in [9.17, 15) is 4.39 Å². The molecule has 2 aromatic rings. The highest BCUT2D eigenvalue weighted by Gasteiger charge is 2.15. The number of halogens is 1. The molecule has 0 saturated carbocycles. The van der Waals surface area contributed by atoms with Crippen molar-refractivity contribution in [3.8, 4) is 5.75 Å². The zero-order valence-corrected chi connectivity index (χ0v) is 12.8. The van der Waals surface area contributed by atoms with E-state index in [0.29, 0.717) is 5.75 Å². The molecule has 0 aliphatic heterocycles. The third-order valence-electron chi connectivity index (χ3n) is 3.53. The quantitative estimate of drug-likeness (QED) is 0.836. The van der Waals surface area contributed by atoms with Gasteiger partial charge in [-0.2, -0.15) is 0 Å². The van der Waals surface area contributed by atoms with Crippen molar-refractivity contribution in [3.63, 3.8) is 0 Å². The van der Waals surface area contributed by atoms with E-state index < -0.39 is 0 Å². The van der Waals surface area contributed by atoms with Crippen LogP contribution in [0.1, 0.15) is 44.0 Å². The Hall–Kier alpha value is -1.87. The van der Waals surface area contributed by atoms with Crippen molar-refractivity contribution < 1.29 is 9.13 Å². The van der Waals surface area contributed by atoms with E-state index in [-0.39, 0.29) is 18.0 Å². The van der Waals surface area contributed by atoms with Gasteiger partial charge in [-0.3, -0.25) is 0 Å². The Morgan fingerprint density at radius 3 is 2.48 bits per heavy atom. The molecule has 2 rings (SSSR count). The fourth-order valence-corrected chi connectivity index (χ4v) is 2.37. The molecule has 0 amide bonds. The molecule has 0 aliphatic carbocycles. The van der Waals surface area contributed by atoms with Gasteiger partial charge in [-0.25, -0.2) is 4.39 Å². The molecule has 2 atom stereocenters. The third kappa shape index (κ3) is 4.05. The third-order valence-corrected chi connectivity index (χ3v) is 3.53. The van der Waals surface area contributed by atoms with Crippen LogP contribution in [0.2, 0.25) is 0 Å². The summed E-state index contributed by atoms with van der Waals surface area (Å²) in [6.45, 7) is 6.93. The van der Waals surface area contributed by atoms with Gasteiger partial charge in [0.2, 0.25) is 0 Å². The Kier molecular flexibility index (Phi) is 5.34. The van der Waals surface area contributed by atoms with Gasteiger partial charge in [-0.1, -0.05) is 43.3 Å². The first-order valence-corrected chi connectivity index (χ1v) is 7.36. The second kappa shape index (κ2) is 7.23. The minimum atomic E-state index is -0.280. The Bertz CT molecular complexity index is 571. The minimum absolute atomic E-state index is 0.119. The molecule has 2 aromatic carbocycles. The molecule has 0 bridgehead atoms. The number of benzene rings is 2. The Labute approximate surface area is 126 Å². The van der Waals surface area contributed by atoms with Crippen molar-refractivity contribution in [3.05, 3.63) is 65.5 Å². The number of rotatable bonds is 6. The summed E-state index contributed by atoms with van der Waals surface area (Å²) in [7, 11) is 0. The molecule has 0 aromatic heterocycles. The van der Waals surface area contributed by atoms with Crippen LogP contribution in [-0.4, -0.2) is 6.54 Å². The van der Waals surface area contributed by atoms with Crippen LogP contribution in [0.4, 0.5) is 4.39 Å². The molecule has 2 nitrogen and oxygen atoms in total. The van der Waals surface area contributed by atoms with Crippen LogP contribution in [0.3, 0.4) is 0 Å². The summed E-state index contributed by atoms with van der Waals surface area (Å²) in [5.41, 5.74) is 2.05. The van der Waals surface area contributed by atoms with E-state index in [2.05, 4.69) is 12.2 Å². The van der Waals surface area contributed by atoms with Crippen LogP contribution < -0.4 is 10.1 Å². The maximum atomic E-state index is 13.5. The van der Waals surface area contributed by atoms with Gasteiger partial charge in [-0.05, 0) is 32.0 Å². The summed E-state index contributed by atoms with van der Waals surface area (Å²) in [6, 6.07) is 14.8. The average Bonchev–Trinajstić information content (AvgIpc) is 2.48. The maximum Gasteiger partial charge on any atom is 0.127 e. The van der Waals surface area contributed by atoms with Crippen LogP contribution in [0, 0.1) is 5.82 Å². The van der Waals surface area contributed by atoms with E-state index >= 15 is 0 Å². The normalized spacial score (nSPS) is 13.7. The second-order valence-electron chi connectivity index (χ2n) is 5.13. The van der Waals surface area contributed by atoms with E-state index in [1.807, 2.05) is 44.2 Å². The van der Waals surface area contributed by atoms with Crippen LogP contribution in [0.15, 0.2) is 48.5 Å². The van der Waals surface area contributed by atoms with Crippen LogP contribution in [-0.2, 0) is 0 Å². The van der Waals surface area contributed by atoms with Gasteiger partial charge in [-0.15, -0.1) is 0 Å². The highest BCUT2D eigenvalue weighted by atomic mass is 19.1. The largest absolute Gasteiger partial charge is 0.486 e. The van der Waals surface area contributed by atoms with E-state index in [4.69, 9.17) is 4.74 Å². The SMILES string of the molecule is CCNC(C)c1ccc(F)cc1OC(C)c1ccccc1. The van der Waals surface area contributed by atoms with Gasteiger partial charge in [0.25, 0.3) is 0 Å². The fraction of sp³-hybridized carbons (Fsp3) is 0.333. The molecule has 112 valence electrons. The molecule has 0 aliphatic rings. The lowest BCUT2D eigenvalue weighted by molar-refractivity contribution is 0.222. The van der Waals surface area contributed by atoms with E-state index in [1.165, 1.54) is 12.1 Å². The highest BCUT2D eigenvalue weighted by molar-refractivity contribution is 5.37. The first-order valence-electron chi connectivity index (χ1n) is 7.36. The monoisotopic (exact) mass is 287 g/mol. The molecule has 21 heavy (non-hydrogen) atoms. The lowest BCUT2D eigenvalue weighted by atomic mass is 10.1. The lowest BCUT2D eigenvalue weighted by Gasteiger charge is -2.21. The van der Waals surface area contributed by atoms with Gasteiger partial charge >= 0.3 is 0 Å². The zero-order chi connectivity index (χ0) is 15.2. The Balaban J connectivity index is 2.24. The first kappa shape index (κ1) is 15.5. The first-order chi connectivity index (χ1) is 10.1. The van der Waals surface area contributed by atoms with Gasteiger partial charge in [0, 0.05) is 17.7 Å². The van der Waals surface area contributed by atoms with Crippen LogP contribution in [0.5, 0.6) is 5.75 Å². The summed E-state index contributed by atoms with van der Waals surface area (Å²) in [6.07, 6.45) is -0.124. The highest BCUT2D eigenvalue weighted by Crippen LogP contribution is 2.30. The van der Waals surface area contributed by atoms with Gasteiger partial charge in [0.1, 0.15) is 17.7 Å². The molecule has 1 N–H and O–H groups in total.